The summed E-state index contributed by atoms with van der Waals surface area (Å²) in [6.07, 6.45) is -1.24. The number of para-hydroxylation sites is 1. The Balaban J connectivity index is 1.89. The third-order valence-corrected chi connectivity index (χ3v) is 5.33. The monoisotopic (exact) mass is 447 g/mol. The number of aliphatic carboxylic acids is 1. The molecular weight excluding hydrogens is 421 g/mol. The van der Waals surface area contributed by atoms with Crippen LogP contribution in [0.2, 0.25) is 0 Å². The summed E-state index contributed by atoms with van der Waals surface area (Å²) < 4.78 is 37.7. The lowest BCUT2D eigenvalue weighted by atomic mass is 10.1. The Bertz CT molecular complexity index is 773. The second-order valence-electron chi connectivity index (χ2n) is 6.56. The number of carbonyl (C=O) groups excluding carboxylic acids is 1. The topological polar surface area (TPSA) is 164 Å². The molecule has 12 heteroatoms. The molecule has 0 bridgehead atoms. The van der Waals surface area contributed by atoms with Crippen LogP contribution < -0.4 is 10.5 Å². The number of phosphoric acid groups is 1. The third kappa shape index (κ3) is 7.67. The molecule has 1 heterocycles. The van der Waals surface area contributed by atoms with E-state index in [0.717, 1.165) is 5.56 Å². The van der Waals surface area contributed by atoms with Gasteiger partial charge in [-0.1, -0.05) is 18.2 Å². The molecule has 1 fully saturated rings. The van der Waals surface area contributed by atoms with Gasteiger partial charge in [0, 0.05) is 19.4 Å². The zero-order valence-electron chi connectivity index (χ0n) is 16.5. The maximum Gasteiger partial charge on any atom is 0.472 e. The summed E-state index contributed by atoms with van der Waals surface area (Å²) in [5.74, 6) is -1.26. The fourth-order valence-electron chi connectivity index (χ4n) is 2.74. The number of esters is 1. The molecule has 1 aromatic rings. The number of phosphoric ester groups is 1. The second kappa shape index (κ2) is 11.4. The molecule has 1 aromatic carbocycles. The van der Waals surface area contributed by atoms with Crippen molar-refractivity contribution in [3.8, 4) is 5.75 Å². The van der Waals surface area contributed by atoms with Crippen molar-refractivity contribution in [1.29, 1.82) is 0 Å². The van der Waals surface area contributed by atoms with E-state index in [0.29, 0.717) is 12.2 Å². The summed E-state index contributed by atoms with van der Waals surface area (Å²) in [6.45, 7) is -0.496. The summed E-state index contributed by atoms with van der Waals surface area (Å²) in [5, 5.41) is 8.71. The molecule has 1 aliphatic heterocycles. The zero-order chi connectivity index (χ0) is 22.1. The van der Waals surface area contributed by atoms with E-state index in [-0.39, 0.29) is 26.1 Å². The van der Waals surface area contributed by atoms with Gasteiger partial charge in [-0.05, 0) is 18.1 Å². The van der Waals surface area contributed by atoms with Gasteiger partial charge in [-0.15, -0.1) is 0 Å². The van der Waals surface area contributed by atoms with Crippen LogP contribution in [0.5, 0.6) is 5.75 Å². The molecule has 168 valence electrons. The number of methoxy groups -OCH3 is 1. The maximum absolute atomic E-state index is 12.3. The van der Waals surface area contributed by atoms with Crippen LogP contribution in [0.4, 0.5) is 0 Å². The van der Waals surface area contributed by atoms with Gasteiger partial charge in [0.2, 0.25) is 0 Å². The molecule has 1 saturated heterocycles. The van der Waals surface area contributed by atoms with E-state index in [2.05, 4.69) is 4.52 Å². The van der Waals surface area contributed by atoms with Gasteiger partial charge in [0.15, 0.2) is 6.10 Å². The lowest BCUT2D eigenvalue weighted by Gasteiger charge is -2.31. The standard InChI is InChI=1S/C18H26NO10P/c1-25-14-5-3-2-4-12(14)6-7-17(20)28-16-11-26-9-8-15(16)29-30(23,24)27-10-13(19)18(21)22/h2-5,13,15-16H,6-11,19H2,1H3,(H,21,22)(H,23,24)/t13-,15-,16-/m0/s1. The van der Waals surface area contributed by atoms with E-state index < -0.39 is 44.6 Å². The molecule has 4 atom stereocenters. The smallest absolute Gasteiger partial charge is 0.472 e. The average Bonchev–Trinajstić information content (AvgIpc) is 2.72. The van der Waals surface area contributed by atoms with Crippen LogP contribution in [0, 0.1) is 0 Å². The first-order valence-electron chi connectivity index (χ1n) is 9.25. The van der Waals surface area contributed by atoms with Crippen molar-refractivity contribution in [3.63, 3.8) is 0 Å². The van der Waals surface area contributed by atoms with Gasteiger partial charge in [-0.25, -0.2) is 4.57 Å². The van der Waals surface area contributed by atoms with Crippen molar-refractivity contribution in [2.75, 3.05) is 26.9 Å². The number of hydrogen-bond acceptors (Lipinski definition) is 9. The molecule has 4 N–H and O–H groups in total. The molecule has 0 amide bonds. The first-order chi connectivity index (χ1) is 14.2. The predicted octanol–water partition coefficient (Wildman–Crippen LogP) is 0.874. The molecule has 1 unspecified atom stereocenters. The minimum atomic E-state index is -4.62. The quantitative estimate of drug-likeness (QED) is 0.326. The summed E-state index contributed by atoms with van der Waals surface area (Å²) in [6, 6.07) is 5.79. The minimum Gasteiger partial charge on any atom is -0.496 e. The van der Waals surface area contributed by atoms with Crippen molar-refractivity contribution in [2.45, 2.75) is 37.5 Å². The highest BCUT2D eigenvalue weighted by Gasteiger charge is 2.37. The van der Waals surface area contributed by atoms with Crippen molar-refractivity contribution in [2.24, 2.45) is 5.73 Å². The first kappa shape index (κ1) is 24.3. The van der Waals surface area contributed by atoms with Crippen LogP contribution in [0.1, 0.15) is 18.4 Å². The first-order valence-corrected chi connectivity index (χ1v) is 10.7. The van der Waals surface area contributed by atoms with Gasteiger partial charge in [0.1, 0.15) is 17.9 Å². The van der Waals surface area contributed by atoms with E-state index in [4.69, 9.17) is 29.6 Å². The fourth-order valence-corrected chi connectivity index (χ4v) is 3.74. The molecule has 1 aliphatic rings. The molecule has 0 spiro atoms. The lowest BCUT2D eigenvalue weighted by Crippen LogP contribution is -2.42. The number of rotatable bonds is 11. The van der Waals surface area contributed by atoms with Gasteiger partial charge in [0.05, 0.1) is 20.3 Å². The summed E-state index contributed by atoms with van der Waals surface area (Å²) >= 11 is 0. The Morgan fingerprint density at radius 1 is 1.33 bits per heavy atom. The molecule has 0 saturated carbocycles. The van der Waals surface area contributed by atoms with Gasteiger partial charge >= 0.3 is 19.8 Å². The third-order valence-electron chi connectivity index (χ3n) is 4.32. The van der Waals surface area contributed by atoms with Crippen LogP contribution in [-0.4, -0.2) is 67.1 Å². The van der Waals surface area contributed by atoms with Crippen molar-refractivity contribution in [3.05, 3.63) is 29.8 Å². The number of aryl methyl sites for hydroxylation is 1. The SMILES string of the molecule is COc1ccccc1CCC(=O)O[C@H]1COCC[C@@H]1OP(=O)(O)OC[C@H](N)C(=O)O. The van der Waals surface area contributed by atoms with E-state index in [1.165, 1.54) is 7.11 Å². The normalized spacial score (nSPS) is 22.0. The number of nitrogens with two attached hydrogens (primary N) is 1. The van der Waals surface area contributed by atoms with Crippen molar-refractivity contribution >= 4 is 19.8 Å². The molecule has 0 aliphatic carbocycles. The van der Waals surface area contributed by atoms with Crippen LogP contribution in [0.15, 0.2) is 24.3 Å². The molecule has 2 rings (SSSR count). The van der Waals surface area contributed by atoms with E-state index in [9.17, 15) is 19.0 Å². The molecule has 30 heavy (non-hydrogen) atoms. The highest BCUT2D eigenvalue weighted by molar-refractivity contribution is 7.47. The van der Waals surface area contributed by atoms with Crippen LogP contribution in [0.3, 0.4) is 0 Å². The number of hydrogen-bond donors (Lipinski definition) is 3. The molecule has 11 nitrogen and oxygen atoms in total. The number of carboxylic acids is 1. The summed E-state index contributed by atoms with van der Waals surface area (Å²) in [7, 11) is -3.08. The second-order valence-corrected chi connectivity index (χ2v) is 7.96. The van der Waals surface area contributed by atoms with Crippen LogP contribution in [0.25, 0.3) is 0 Å². The number of carboxylic acid groups (broad SMARTS) is 1. The number of carbonyl (C=O) groups is 2. The Morgan fingerprint density at radius 2 is 2.07 bits per heavy atom. The van der Waals surface area contributed by atoms with Crippen molar-refractivity contribution < 1.29 is 47.4 Å². The van der Waals surface area contributed by atoms with Gasteiger partial charge < -0.3 is 29.9 Å². The Morgan fingerprint density at radius 3 is 2.77 bits per heavy atom. The van der Waals surface area contributed by atoms with E-state index >= 15 is 0 Å². The van der Waals surface area contributed by atoms with Crippen molar-refractivity contribution in [1.82, 2.24) is 0 Å². The Labute approximate surface area is 173 Å². The molecule has 0 aromatic heterocycles. The minimum absolute atomic E-state index is 0.0142. The summed E-state index contributed by atoms with van der Waals surface area (Å²) in [4.78, 5) is 32.8. The summed E-state index contributed by atoms with van der Waals surface area (Å²) in [5.41, 5.74) is 6.08. The van der Waals surface area contributed by atoms with Crippen LogP contribution in [-0.2, 0) is 39.1 Å². The van der Waals surface area contributed by atoms with Gasteiger partial charge in [-0.3, -0.25) is 18.6 Å². The van der Waals surface area contributed by atoms with Crippen LogP contribution >= 0.6 is 7.82 Å². The Hall–Kier alpha value is -2.01. The molecular formula is C18H26NO10P. The lowest BCUT2D eigenvalue weighted by molar-refractivity contribution is -0.166. The largest absolute Gasteiger partial charge is 0.496 e. The average molecular weight is 447 g/mol. The van der Waals surface area contributed by atoms with Gasteiger partial charge in [0.25, 0.3) is 0 Å². The highest BCUT2D eigenvalue weighted by atomic mass is 31.2. The van der Waals surface area contributed by atoms with E-state index in [1.54, 1.807) is 6.07 Å². The maximum atomic E-state index is 12.3. The highest BCUT2D eigenvalue weighted by Crippen LogP contribution is 2.46. The van der Waals surface area contributed by atoms with E-state index in [1.807, 2.05) is 18.2 Å². The zero-order valence-corrected chi connectivity index (χ0v) is 17.4. The Kier molecular flexibility index (Phi) is 9.22. The van der Waals surface area contributed by atoms with Gasteiger partial charge in [-0.2, -0.15) is 0 Å². The number of benzene rings is 1. The predicted molar refractivity (Wildman–Crippen MR) is 103 cm³/mol. The molecule has 0 radical (unpaired) electrons. The fraction of sp³-hybridized carbons (Fsp3) is 0.556. The number of ether oxygens (including phenoxy) is 3.